The average molecular weight is 346 g/mol. The number of nitrogens with zero attached hydrogens (tertiary/aromatic N) is 2. The molecular weight excluding hydrogens is 328 g/mol. The molecule has 8 heteroatoms. The molecule has 25 heavy (non-hydrogen) atoms. The van der Waals surface area contributed by atoms with Gasteiger partial charge in [-0.3, -0.25) is 14.5 Å². The summed E-state index contributed by atoms with van der Waals surface area (Å²) in [5, 5.41) is 0.443. The van der Waals surface area contributed by atoms with Gasteiger partial charge in [-0.25, -0.2) is 9.59 Å². The van der Waals surface area contributed by atoms with Crippen LogP contribution in [0.25, 0.3) is 0 Å². The molecular formula is C17H18N2O6. The van der Waals surface area contributed by atoms with Crippen molar-refractivity contribution in [3.63, 3.8) is 0 Å². The molecule has 1 aromatic rings. The third-order valence-electron chi connectivity index (χ3n) is 3.86. The smallest absolute Gasteiger partial charge is 0.411 e. The van der Waals surface area contributed by atoms with E-state index in [9.17, 15) is 19.2 Å². The van der Waals surface area contributed by atoms with Crippen molar-refractivity contribution in [1.29, 1.82) is 0 Å². The molecule has 0 radical (unpaired) electrons. The van der Waals surface area contributed by atoms with Crippen LogP contribution >= 0.6 is 0 Å². The van der Waals surface area contributed by atoms with Gasteiger partial charge in [0.1, 0.15) is 11.6 Å². The molecule has 2 aliphatic rings. The number of hydroxylamine groups is 2. The Morgan fingerprint density at radius 1 is 1.08 bits per heavy atom. The molecule has 3 amide bonds. The fourth-order valence-electron chi connectivity index (χ4n) is 2.57. The summed E-state index contributed by atoms with van der Waals surface area (Å²) in [5.41, 5.74) is -0.334. The standard InChI is InChI=1S/C17H18N2O6/c1-17(2,3)24-16(23)18-9-8-12(18)15(22)25-19-13(20)10-6-4-5-7-11(10)14(19)21/h4-7,12H,8-9H2,1-3H3/t12-/m1/s1. The number of hydrogen-bond acceptors (Lipinski definition) is 6. The maximum atomic E-state index is 12.3. The lowest BCUT2D eigenvalue weighted by molar-refractivity contribution is -0.179. The van der Waals surface area contributed by atoms with E-state index in [-0.39, 0.29) is 11.1 Å². The molecule has 0 bridgehead atoms. The van der Waals surface area contributed by atoms with Gasteiger partial charge < -0.3 is 9.57 Å². The second kappa shape index (κ2) is 5.87. The van der Waals surface area contributed by atoms with Crippen LogP contribution in [0.3, 0.4) is 0 Å². The largest absolute Gasteiger partial charge is 0.444 e. The summed E-state index contributed by atoms with van der Waals surface area (Å²) in [6.07, 6.45) is -0.260. The zero-order valence-corrected chi connectivity index (χ0v) is 14.1. The predicted octanol–water partition coefficient (Wildman–Crippen LogP) is 1.75. The molecule has 0 spiro atoms. The zero-order chi connectivity index (χ0) is 18.4. The van der Waals surface area contributed by atoms with Gasteiger partial charge in [0.15, 0.2) is 0 Å². The Hall–Kier alpha value is -2.90. The highest BCUT2D eigenvalue weighted by Crippen LogP contribution is 2.26. The number of fused-ring (bicyclic) bond motifs is 1. The van der Waals surface area contributed by atoms with E-state index in [1.807, 2.05) is 0 Å². The van der Waals surface area contributed by atoms with Crippen molar-refractivity contribution in [2.75, 3.05) is 6.54 Å². The van der Waals surface area contributed by atoms with Crippen LogP contribution in [0.5, 0.6) is 0 Å². The van der Waals surface area contributed by atoms with Gasteiger partial charge in [0.2, 0.25) is 0 Å². The van der Waals surface area contributed by atoms with Crippen LogP contribution in [-0.2, 0) is 14.4 Å². The van der Waals surface area contributed by atoms with Gasteiger partial charge in [0, 0.05) is 6.54 Å². The fourth-order valence-corrected chi connectivity index (χ4v) is 2.57. The highest BCUT2D eigenvalue weighted by atomic mass is 16.7. The highest BCUT2D eigenvalue weighted by Gasteiger charge is 2.45. The number of imide groups is 1. The van der Waals surface area contributed by atoms with E-state index < -0.39 is 35.5 Å². The molecule has 8 nitrogen and oxygen atoms in total. The second-order valence-electron chi connectivity index (χ2n) is 6.84. The lowest BCUT2D eigenvalue weighted by atomic mass is 10.0. The minimum atomic E-state index is -0.876. The molecule has 132 valence electrons. The Bertz CT molecular complexity index is 732. The van der Waals surface area contributed by atoms with Crippen molar-refractivity contribution in [2.24, 2.45) is 0 Å². The predicted molar refractivity (Wildman–Crippen MR) is 84.4 cm³/mol. The number of carbonyl (C=O) groups excluding carboxylic acids is 4. The van der Waals surface area contributed by atoms with Crippen LogP contribution < -0.4 is 0 Å². The first-order valence-electron chi connectivity index (χ1n) is 7.88. The summed E-state index contributed by atoms with van der Waals surface area (Å²) >= 11 is 0. The van der Waals surface area contributed by atoms with E-state index in [0.717, 1.165) is 0 Å². The molecule has 1 aromatic carbocycles. The molecule has 0 N–H and O–H groups in total. The molecule has 0 unspecified atom stereocenters. The molecule has 2 heterocycles. The van der Waals surface area contributed by atoms with Gasteiger partial charge in [0.25, 0.3) is 11.8 Å². The lowest BCUT2D eigenvalue weighted by Crippen LogP contribution is -2.57. The van der Waals surface area contributed by atoms with Gasteiger partial charge in [0.05, 0.1) is 11.1 Å². The average Bonchev–Trinajstić information content (AvgIpc) is 2.70. The maximum absolute atomic E-state index is 12.3. The number of amides is 3. The molecule has 0 aliphatic carbocycles. The van der Waals surface area contributed by atoms with Gasteiger partial charge in [-0.05, 0) is 39.3 Å². The van der Waals surface area contributed by atoms with E-state index in [1.54, 1.807) is 32.9 Å². The van der Waals surface area contributed by atoms with Gasteiger partial charge in [-0.15, -0.1) is 0 Å². The van der Waals surface area contributed by atoms with Gasteiger partial charge >= 0.3 is 12.1 Å². The number of ether oxygens (including phenoxy) is 1. The van der Waals surface area contributed by atoms with Crippen LogP contribution in [0.4, 0.5) is 4.79 Å². The Morgan fingerprint density at radius 3 is 2.08 bits per heavy atom. The number of rotatable bonds is 2. The van der Waals surface area contributed by atoms with E-state index >= 15 is 0 Å². The van der Waals surface area contributed by atoms with Crippen LogP contribution in [0.2, 0.25) is 0 Å². The zero-order valence-electron chi connectivity index (χ0n) is 14.1. The summed E-state index contributed by atoms with van der Waals surface area (Å²) in [4.78, 5) is 54.9. The van der Waals surface area contributed by atoms with Crippen LogP contribution in [0.1, 0.15) is 47.9 Å². The van der Waals surface area contributed by atoms with Crippen LogP contribution in [-0.4, -0.2) is 52.0 Å². The molecule has 0 aromatic heterocycles. The molecule has 3 rings (SSSR count). The third-order valence-corrected chi connectivity index (χ3v) is 3.86. The third kappa shape index (κ3) is 3.07. The van der Waals surface area contributed by atoms with Crippen LogP contribution in [0.15, 0.2) is 24.3 Å². The number of likely N-dealkylation sites (tertiary alicyclic amines) is 1. The lowest BCUT2D eigenvalue weighted by Gasteiger charge is -2.39. The first kappa shape index (κ1) is 16.9. The monoisotopic (exact) mass is 346 g/mol. The SMILES string of the molecule is CC(C)(C)OC(=O)N1CC[C@@H]1C(=O)ON1C(=O)c2ccccc2C1=O. The van der Waals surface area contributed by atoms with Crippen molar-refractivity contribution >= 4 is 23.9 Å². The molecule has 1 fully saturated rings. The normalized spacial score (nSPS) is 19.4. The highest BCUT2D eigenvalue weighted by molar-refractivity contribution is 6.20. The second-order valence-corrected chi connectivity index (χ2v) is 6.84. The van der Waals surface area contributed by atoms with Crippen molar-refractivity contribution in [3.8, 4) is 0 Å². The Labute approximate surface area is 144 Å². The molecule has 1 atom stereocenters. The van der Waals surface area contributed by atoms with Crippen molar-refractivity contribution < 1.29 is 28.8 Å². The minimum Gasteiger partial charge on any atom is -0.444 e. The summed E-state index contributed by atoms with van der Waals surface area (Å²) in [6.45, 7) is 5.50. The summed E-state index contributed by atoms with van der Waals surface area (Å²) in [7, 11) is 0. The fraction of sp³-hybridized carbons (Fsp3) is 0.412. The first-order chi connectivity index (χ1) is 11.7. The van der Waals surface area contributed by atoms with Crippen molar-refractivity contribution in [3.05, 3.63) is 35.4 Å². The topological polar surface area (TPSA) is 93.2 Å². The van der Waals surface area contributed by atoms with Gasteiger partial charge in [-0.1, -0.05) is 17.2 Å². The molecule has 0 saturated carbocycles. The van der Waals surface area contributed by atoms with E-state index in [2.05, 4.69) is 0 Å². The van der Waals surface area contributed by atoms with Crippen molar-refractivity contribution in [2.45, 2.75) is 38.8 Å². The summed E-state index contributed by atoms with van der Waals surface area (Å²) in [5.74, 6) is -2.24. The Morgan fingerprint density at radius 2 is 1.64 bits per heavy atom. The van der Waals surface area contributed by atoms with E-state index in [1.165, 1.54) is 17.0 Å². The number of benzene rings is 1. The van der Waals surface area contributed by atoms with Crippen molar-refractivity contribution in [1.82, 2.24) is 9.96 Å². The molecule has 1 saturated heterocycles. The number of carbonyl (C=O) groups is 4. The Kier molecular flexibility index (Phi) is 3.98. The van der Waals surface area contributed by atoms with E-state index in [0.29, 0.717) is 18.0 Å². The van der Waals surface area contributed by atoms with Gasteiger partial charge in [-0.2, -0.15) is 0 Å². The minimum absolute atomic E-state index is 0.179. The summed E-state index contributed by atoms with van der Waals surface area (Å²) in [6, 6.07) is 5.33. The summed E-state index contributed by atoms with van der Waals surface area (Å²) < 4.78 is 5.22. The maximum Gasteiger partial charge on any atom is 0.411 e. The number of hydrogen-bond donors (Lipinski definition) is 0. The molecule has 2 aliphatic heterocycles. The first-order valence-corrected chi connectivity index (χ1v) is 7.88. The van der Waals surface area contributed by atoms with E-state index in [4.69, 9.17) is 9.57 Å². The quantitative estimate of drug-likeness (QED) is 0.758. The Balaban J connectivity index is 1.67. The van der Waals surface area contributed by atoms with Crippen LogP contribution in [0, 0.1) is 0 Å².